The number of ether oxygens (including phenoxy) is 1. The summed E-state index contributed by atoms with van der Waals surface area (Å²) in [7, 11) is 1.34. The van der Waals surface area contributed by atoms with Gasteiger partial charge in [0.25, 0.3) is 11.8 Å². The number of rotatable bonds is 4. The fourth-order valence-corrected chi connectivity index (χ4v) is 4.56. The van der Waals surface area contributed by atoms with Crippen LogP contribution in [0.15, 0.2) is 54.1 Å². The second-order valence-electron chi connectivity index (χ2n) is 8.45. The lowest BCUT2D eigenvalue weighted by atomic mass is 10.0. The molecule has 2 heterocycles. The summed E-state index contributed by atoms with van der Waals surface area (Å²) >= 11 is 5.33. The number of aryl methyl sites for hydroxylation is 3. The number of carbonyl (C=O) groups excluding carboxylic acids is 3. The van der Waals surface area contributed by atoms with Gasteiger partial charge < -0.3 is 9.30 Å². The molecule has 0 unspecified atom stereocenters. The molecule has 7 nitrogen and oxygen atoms in total. The quantitative estimate of drug-likeness (QED) is 0.256. The van der Waals surface area contributed by atoms with Gasteiger partial charge in [0.2, 0.25) is 0 Å². The molecule has 0 saturated carbocycles. The van der Waals surface area contributed by atoms with Crippen LogP contribution in [0.1, 0.15) is 38.4 Å². The van der Waals surface area contributed by atoms with Gasteiger partial charge in [-0.05, 0) is 93.5 Å². The van der Waals surface area contributed by atoms with Crippen molar-refractivity contribution in [1.29, 1.82) is 0 Å². The fourth-order valence-electron chi connectivity index (χ4n) is 4.28. The Morgan fingerprint density at radius 3 is 2.31 bits per heavy atom. The summed E-state index contributed by atoms with van der Waals surface area (Å²) < 4.78 is 6.75. The SMILES string of the molecule is COC(=O)c1ccc(-n2c(C)cc(C=C3C(=O)NC(=S)N(c4ccc(C)cc4C)C3=O)c2C)cc1. The molecule has 0 bridgehead atoms. The maximum atomic E-state index is 13.4. The molecule has 35 heavy (non-hydrogen) atoms. The smallest absolute Gasteiger partial charge is 0.337 e. The number of methoxy groups -OCH3 is 1. The topological polar surface area (TPSA) is 80.6 Å². The number of benzene rings is 2. The third kappa shape index (κ3) is 4.40. The van der Waals surface area contributed by atoms with E-state index in [0.717, 1.165) is 33.8 Å². The molecule has 1 aliphatic rings. The minimum Gasteiger partial charge on any atom is -0.465 e. The number of aromatic nitrogens is 1. The van der Waals surface area contributed by atoms with E-state index in [-0.39, 0.29) is 10.7 Å². The Labute approximate surface area is 209 Å². The molecule has 178 valence electrons. The Morgan fingerprint density at radius 1 is 1.00 bits per heavy atom. The van der Waals surface area contributed by atoms with E-state index < -0.39 is 17.8 Å². The Hall–Kier alpha value is -4.04. The molecule has 1 aromatic heterocycles. The Morgan fingerprint density at radius 2 is 1.69 bits per heavy atom. The Balaban J connectivity index is 1.73. The van der Waals surface area contributed by atoms with E-state index >= 15 is 0 Å². The van der Waals surface area contributed by atoms with Gasteiger partial charge in [-0.25, -0.2) is 4.79 Å². The van der Waals surface area contributed by atoms with E-state index in [2.05, 4.69) is 5.32 Å². The zero-order valence-corrected chi connectivity index (χ0v) is 20.9. The average Bonchev–Trinajstić information content (AvgIpc) is 3.10. The van der Waals surface area contributed by atoms with Crippen LogP contribution in [0.4, 0.5) is 5.69 Å². The van der Waals surface area contributed by atoms with Crippen LogP contribution in [0.2, 0.25) is 0 Å². The molecule has 0 radical (unpaired) electrons. The van der Waals surface area contributed by atoms with E-state index in [4.69, 9.17) is 17.0 Å². The lowest BCUT2D eigenvalue weighted by Crippen LogP contribution is -2.54. The molecule has 1 aliphatic heterocycles. The zero-order chi connectivity index (χ0) is 25.4. The maximum absolute atomic E-state index is 13.4. The predicted molar refractivity (Wildman–Crippen MR) is 139 cm³/mol. The molecule has 0 spiro atoms. The highest BCUT2D eigenvalue weighted by Gasteiger charge is 2.35. The molecule has 1 fully saturated rings. The van der Waals surface area contributed by atoms with Crippen LogP contribution in [0.25, 0.3) is 11.8 Å². The highest BCUT2D eigenvalue weighted by molar-refractivity contribution is 7.80. The van der Waals surface area contributed by atoms with Gasteiger partial charge in [-0.3, -0.25) is 19.8 Å². The number of amides is 2. The first-order valence-corrected chi connectivity index (χ1v) is 11.4. The molecule has 2 aromatic carbocycles. The molecule has 0 aliphatic carbocycles. The summed E-state index contributed by atoms with van der Waals surface area (Å²) in [6, 6.07) is 14.6. The second-order valence-corrected chi connectivity index (χ2v) is 8.83. The molecule has 3 aromatic rings. The number of nitrogens with one attached hydrogen (secondary N) is 1. The predicted octanol–water partition coefficient (Wildman–Crippen LogP) is 4.33. The van der Waals surface area contributed by atoms with Gasteiger partial charge in [0, 0.05) is 17.1 Å². The normalized spacial score (nSPS) is 14.9. The van der Waals surface area contributed by atoms with Gasteiger partial charge in [-0.2, -0.15) is 0 Å². The van der Waals surface area contributed by atoms with Gasteiger partial charge in [-0.15, -0.1) is 0 Å². The van der Waals surface area contributed by atoms with E-state index in [9.17, 15) is 14.4 Å². The van der Waals surface area contributed by atoms with Crippen LogP contribution < -0.4 is 10.2 Å². The van der Waals surface area contributed by atoms with E-state index in [0.29, 0.717) is 11.3 Å². The first-order chi connectivity index (χ1) is 16.6. The molecule has 2 amide bonds. The van der Waals surface area contributed by atoms with Crippen LogP contribution in [0.3, 0.4) is 0 Å². The van der Waals surface area contributed by atoms with E-state index in [1.54, 1.807) is 18.2 Å². The molecule has 1 saturated heterocycles. The number of anilines is 1. The number of hydrogen-bond acceptors (Lipinski definition) is 5. The van der Waals surface area contributed by atoms with Gasteiger partial charge in [0.05, 0.1) is 18.4 Å². The van der Waals surface area contributed by atoms with Crippen molar-refractivity contribution in [3.63, 3.8) is 0 Å². The largest absolute Gasteiger partial charge is 0.465 e. The number of thiocarbonyl (C=S) groups is 1. The van der Waals surface area contributed by atoms with Crippen LogP contribution >= 0.6 is 12.2 Å². The molecular formula is C27H25N3O4S. The fraction of sp³-hybridized carbons (Fsp3) is 0.185. The Kier molecular flexibility index (Phi) is 6.41. The van der Waals surface area contributed by atoms with Crippen LogP contribution in [0, 0.1) is 27.7 Å². The average molecular weight is 488 g/mol. The van der Waals surface area contributed by atoms with E-state index in [1.165, 1.54) is 12.0 Å². The monoisotopic (exact) mass is 487 g/mol. The van der Waals surface area contributed by atoms with Crippen molar-refractivity contribution in [2.24, 2.45) is 0 Å². The number of esters is 1. The minimum atomic E-state index is -0.534. The third-order valence-electron chi connectivity index (χ3n) is 6.01. The third-order valence-corrected chi connectivity index (χ3v) is 6.30. The number of hydrogen-bond donors (Lipinski definition) is 1. The van der Waals surface area contributed by atoms with E-state index in [1.807, 2.05) is 68.7 Å². The number of carbonyl (C=O) groups is 3. The van der Waals surface area contributed by atoms with Crippen LogP contribution in [-0.2, 0) is 14.3 Å². The van der Waals surface area contributed by atoms with Gasteiger partial charge >= 0.3 is 5.97 Å². The van der Waals surface area contributed by atoms with Crippen molar-refractivity contribution in [2.45, 2.75) is 27.7 Å². The summed E-state index contributed by atoms with van der Waals surface area (Å²) in [6.07, 6.45) is 1.59. The minimum absolute atomic E-state index is 0.000126. The van der Waals surface area contributed by atoms with Crippen molar-refractivity contribution in [2.75, 3.05) is 12.0 Å². The van der Waals surface area contributed by atoms with Crippen molar-refractivity contribution in [3.05, 3.63) is 87.7 Å². The lowest BCUT2D eigenvalue weighted by Gasteiger charge is -2.30. The summed E-state index contributed by atoms with van der Waals surface area (Å²) in [6.45, 7) is 7.71. The van der Waals surface area contributed by atoms with Gasteiger partial charge in [0.15, 0.2) is 5.11 Å². The molecule has 4 rings (SSSR count). The Bertz CT molecular complexity index is 1420. The van der Waals surface area contributed by atoms with Crippen LogP contribution in [-0.4, -0.2) is 34.6 Å². The summed E-state index contributed by atoms with van der Waals surface area (Å²) in [5.74, 6) is -1.41. The second kappa shape index (κ2) is 9.31. The highest BCUT2D eigenvalue weighted by atomic mass is 32.1. The van der Waals surface area contributed by atoms with Crippen molar-refractivity contribution >= 4 is 46.9 Å². The van der Waals surface area contributed by atoms with Crippen molar-refractivity contribution < 1.29 is 19.1 Å². The number of nitrogens with zero attached hydrogens (tertiary/aromatic N) is 2. The zero-order valence-electron chi connectivity index (χ0n) is 20.1. The summed E-state index contributed by atoms with van der Waals surface area (Å²) in [5, 5.41) is 2.70. The standard InChI is InChI=1S/C27H25N3O4S/c1-15-6-11-23(16(2)12-15)30-25(32)22(24(31)28-27(30)35)14-20-13-17(3)29(18(20)4)21-9-7-19(8-10-21)26(33)34-5/h6-14H,1-5H3,(H,28,31,35). The van der Waals surface area contributed by atoms with Crippen molar-refractivity contribution in [3.8, 4) is 5.69 Å². The summed E-state index contributed by atoms with van der Waals surface area (Å²) in [5.41, 5.74) is 6.35. The van der Waals surface area contributed by atoms with Gasteiger partial charge in [-0.1, -0.05) is 17.7 Å². The molecular weight excluding hydrogens is 462 g/mol. The highest BCUT2D eigenvalue weighted by Crippen LogP contribution is 2.28. The lowest BCUT2D eigenvalue weighted by molar-refractivity contribution is -0.122. The first-order valence-electron chi connectivity index (χ1n) is 11.0. The summed E-state index contributed by atoms with van der Waals surface area (Å²) in [4.78, 5) is 39.3. The van der Waals surface area contributed by atoms with Crippen molar-refractivity contribution in [1.82, 2.24) is 9.88 Å². The van der Waals surface area contributed by atoms with Gasteiger partial charge in [0.1, 0.15) is 5.57 Å². The molecule has 0 atom stereocenters. The first kappa shape index (κ1) is 24.1. The molecule has 1 N–H and O–H groups in total. The van der Waals surface area contributed by atoms with Crippen LogP contribution in [0.5, 0.6) is 0 Å². The maximum Gasteiger partial charge on any atom is 0.337 e. The molecule has 8 heteroatoms.